The first-order valence-electron chi connectivity index (χ1n) is 7.26. The summed E-state index contributed by atoms with van der Waals surface area (Å²) in [5.74, 6) is -0.525. The van der Waals surface area contributed by atoms with Gasteiger partial charge in [-0.15, -0.1) is 0 Å². The first-order valence-corrected chi connectivity index (χ1v) is 8.58. The van der Waals surface area contributed by atoms with Crippen LogP contribution in [-0.4, -0.2) is 28.3 Å². The van der Waals surface area contributed by atoms with Crippen LogP contribution in [0, 0.1) is 5.82 Å². The van der Waals surface area contributed by atoms with E-state index in [1.54, 1.807) is 30.3 Å². The minimum absolute atomic E-state index is 0.0978. The van der Waals surface area contributed by atoms with E-state index < -0.39 is 22.6 Å². The molecule has 0 saturated heterocycles. The third-order valence-corrected chi connectivity index (χ3v) is 4.58. The van der Waals surface area contributed by atoms with Crippen molar-refractivity contribution in [2.45, 2.75) is 11.8 Å². The van der Waals surface area contributed by atoms with Gasteiger partial charge in [0.05, 0.1) is 15.7 Å². The maximum Gasteiger partial charge on any atom is 0.319 e. The molecule has 0 aliphatic rings. The zero-order valence-corrected chi connectivity index (χ0v) is 13.9. The van der Waals surface area contributed by atoms with E-state index >= 15 is 0 Å². The van der Waals surface area contributed by atoms with Gasteiger partial charge in [0.15, 0.2) is 5.78 Å². The lowest BCUT2D eigenvalue weighted by molar-refractivity contribution is 0.101. The number of nitrogens with one attached hydrogen (secondary N) is 2. The molecule has 0 aliphatic carbocycles. The highest BCUT2D eigenvalue weighted by atomic mass is 32.2. The Balaban J connectivity index is 1.83. The van der Waals surface area contributed by atoms with Crippen LogP contribution in [0.1, 0.15) is 17.3 Å². The topological polar surface area (TPSA) is 75.3 Å². The summed E-state index contributed by atoms with van der Waals surface area (Å²) < 4.78 is 25.5. The predicted molar refractivity (Wildman–Crippen MR) is 91.1 cm³/mol. The molecule has 7 heteroatoms. The van der Waals surface area contributed by atoms with Gasteiger partial charge in [0.2, 0.25) is 0 Å². The molecule has 24 heavy (non-hydrogen) atoms. The summed E-state index contributed by atoms with van der Waals surface area (Å²) in [7, 11) is -1.53. The van der Waals surface area contributed by atoms with Crippen molar-refractivity contribution in [2.24, 2.45) is 0 Å². The van der Waals surface area contributed by atoms with Gasteiger partial charge in [0.1, 0.15) is 5.82 Å². The van der Waals surface area contributed by atoms with Crippen molar-refractivity contribution in [3.8, 4) is 0 Å². The lowest BCUT2D eigenvalue weighted by atomic mass is 10.1. The van der Waals surface area contributed by atoms with E-state index in [9.17, 15) is 18.2 Å². The van der Waals surface area contributed by atoms with Gasteiger partial charge in [-0.3, -0.25) is 9.00 Å². The average Bonchev–Trinajstić information content (AvgIpc) is 2.55. The lowest BCUT2D eigenvalue weighted by Crippen LogP contribution is -2.32. The van der Waals surface area contributed by atoms with E-state index in [2.05, 4.69) is 10.6 Å². The van der Waals surface area contributed by atoms with Gasteiger partial charge < -0.3 is 10.6 Å². The van der Waals surface area contributed by atoms with E-state index in [4.69, 9.17) is 0 Å². The smallest absolute Gasteiger partial charge is 0.319 e. The molecule has 2 aromatic carbocycles. The third-order valence-electron chi connectivity index (χ3n) is 3.18. The number of urea groups is 1. The van der Waals surface area contributed by atoms with Crippen LogP contribution in [0.4, 0.5) is 14.9 Å². The molecule has 2 N–H and O–H groups in total. The summed E-state index contributed by atoms with van der Waals surface area (Å²) in [5, 5.41) is 5.14. The molecule has 126 valence electrons. The Bertz CT molecular complexity index is 780. The van der Waals surface area contributed by atoms with Gasteiger partial charge in [-0.2, -0.15) is 0 Å². The summed E-state index contributed by atoms with van der Waals surface area (Å²) in [4.78, 5) is 23.2. The van der Waals surface area contributed by atoms with Gasteiger partial charge in [0, 0.05) is 23.5 Å². The molecule has 0 bridgehead atoms. The summed E-state index contributed by atoms with van der Waals surface area (Å²) in [6.07, 6.45) is 0. The fourth-order valence-corrected chi connectivity index (χ4v) is 3.01. The Morgan fingerprint density at radius 2 is 1.88 bits per heavy atom. The third kappa shape index (κ3) is 4.99. The number of hydrogen-bond donors (Lipinski definition) is 2. The molecule has 0 aliphatic heterocycles. The summed E-state index contributed by atoms with van der Waals surface area (Å²) in [5.41, 5.74) is 0.976. The van der Waals surface area contributed by atoms with Crippen molar-refractivity contribution < 1.29 is 18.2 Å². The number of hydrogen-bond acceptors (Lipinski definition) is 3. The maximum absolute atomic E-state index is 13.5. The molecule has 1 atom stereocenters. The van der Waals surface area contributed by atoms with Gasteiger partial charge in [0.25, 0.3) is 0 Å². The molecule has 2 aromatic rings. The summed E-state index contributed by atoms with van der Waals surface area (Å²) in [6, 6.07) is 11.9. The van der Waals surface area contributed by atoms with Crippen molar-refractivity contribution >= 4 is 28.3 Å². The van der Waals surface area contributed by atoms with Crippen LogP contribution in [0.5, 0.6) is 0 Å². The highest BCUT2D eigenvalue weighted by Crippen LogP contribution is 2.12. The van der Waals surface area contributed by atoms with Gasteiger partial charge in [-0.1, -0.05) is 24.3 Å². The molecule has 0 radical (unpaired) electrons. The SMILES string of the molecule is CC(=O)c1cccc(NC(=O)NCCS(=O)c2ccccc2F)c1. The van der Waals surface area contributed by atoms with Crippen LogP contribution >= 0.6 is 0 Å². The molecule has 2 amide bonds. The first kappa shape index (κ1) is 17.8. The van der Waals surface area contributed by atoms with Crippen LogP contribution in [0.3, 0.4) is 0 Å². The Hall–Kier alpha value is -2.54. The monoisotopic (exact) mass is 348 g/mol. The average molecular weight is 348 g/mol. The van der Waals surface area contributed by atoms with E-state index in [0.29, 0.717) is 11.3 Å². The number of Topliss-reactive ketones (excluding diaryl/α,β-unsaturated/α-hetero) is 1. The number of carbonyl (C=O) groups is 2. The lowest BCUT2D eigenvalue weighted by Gasteiger charge is -2.08. The summed E-state index contributed by atoms with van der Waals surface area (Å²) >= 11 is 0. The fraction of sp³-hybridized carbons (Fsp3) is 0.176. The molecule has 0 spiro atoms. The molecule has 2 rings (SSSR count). The van der Waals surface area contributed by atoms with Crippen LogP contribution in [0.2, 0.25) is 0 Å². The molecule has 5 nitrogen and oxygen atoms in total. The van der Waals surface area contributed by atoms with Gasteiger partial charge in [-0.05, 0) is 31.2 Å². The standard InChI is InChI=1S/C17H17FN2O3S/c1-12(21)13-5-4-6-14(11-13)20-17(22)19-9-10-24(23)16-8-3-2-7-15(16)18/h2-8,11H,9-10H2,1H3,(H2,19,20,22). The van der Waals surface area contributed by atoms with E-state index in [0.717, 1.165) is 0 Å². The minimum Gasteiger partial charge on any atom is -0.337 e. The second kappa shape index (κ2) is 8.35. The molecule has 0 heterocycles. The number of rotatable bonds is 6. The second-order valence-corrected chi connectivity index (χ2v) is 6.54. The predicted octanol–water partition coefficient (Wildman–Crippen LogP) is 2.96. The zero-order chi connectivity index (χ0) is 17.5. The Morgan fingerprint density at radius 1 is 1.12 bits per heavy atom. The highest BCUT2D eigenvalue weighted by Gasteiger charge is 2.10. The zero-order valence-electron chi connectivity index (χ0n) is 13.0. The first-order chi connectivity index (χ1) is 11.5. The second-order valence-electron chi connectivity index (χ2n) is 5.00. The van der Waals surface area contributed by atoms with Crippen molar-refractivity contribution in [3.05, 3.63) is 59.9 Å². The normalized spacial score (nSPS) is 11.6. The van der Waals surface area contributed by atoms with Crippen molar-refractivity contribution in [2.75, 3.05) is 17.6 Å². The van der Waals surface area contributed by atoms with Crippen molar-refractivity contribution in [1.82, 2.24) is 5.32 Å². The molecular formula is C17H17FN2O3S. The molecule has 1 unspecified atom stereocenters. The molecule has 0 aromatic heterocycles. The number of ketones is 1. The highest BCUT2D eigenvalue weighted by molar-refractivity contribution is 7.85. The number of anilines is 1. The molecular weight excluding hydrogens is 331 g/mol. The van der Waals surface area contributed by atoms with Crippen LogP contribution in [0.25, 0.3) is 0 Å². The van der Waals surface area contributed by atoms with Gasteiger partial charge in [-0.25, -0.2) is 9.18 Å². The van der Waals surface area contributed by atoms with Crippen LogP contribution in [0.15, 0.2) is 53.4 Å². The fourth-order valence-electron chi connectivity index (χ4n) is 1.99. The van der Waals surface area contributed by atoms with Crippen LogP contribution < -0.4 is 10.6 Å². The van der Waals surface area contributed by atoms with E-state index in [1.165, 1.54) is 25.1 Å². The van der Waals surface area contributed by atoms with Gasteiger partial charge >= 0.3 is 6.03 Å². The quantitative estimate of drug-likeness (QED) is 0.788. The summed E-state index contributed by atoms with van der Waals surface area (Å²) in [6.45, 7) is 1.57. The minimum atomic E-state index is -1.53. The Labute approximate surface area is 141 Å². The van der Waals surface area contributed by atoms with Crippen molar-refractivity contribution in [1.29, 1.82) is 0 Å². The molecule has 0 fully saturated rings. The number of amides is 2. The van der Waals surface area contributed by atoms with Crippen LogP contribution in [-0.2, 0) is 10.8 Å². The number of carbonyl (C=O) groups excluding carboxylic acids is 2. The van der Waals surface area contributed by atoms with E-state index in [1.807, 2.05) is 0 Å². The number of benzene rings is 2. The molecule has 0 saturated carbocycles. The Morgan fingerprint density at radius 3 is 2.58 bits per heavy atom. The largest absolute Gasteiger partial charge is 0.337 e. The van der Waals surface area contributed by atoms with E-state index in [-0.39, 0.29) is 23.0 Å². The van der Waals surface area contributed by atoms with Crippen molar-refractivity contribution in [3.63, 3.8) is 0 Å². The Kier molecular flexibility index (Phi) is 6.20. The number of halogens is 1. The maximum atomic E-state index is 13.5.